The summed E-state index contributed by atoms with van der Waals surface area (Å²) in [6.45, 7) is 1.19. The highest BCUT2D eigenvalue weighted by Crippen LogP contribution is 2.25. The lowest BCUT2D eigenvalue weighted by Crippen LogP contribution is -2.19. The summed E-state index contributed by atoms with van der Waals surface area (Å²) in [6, 6.07) is 5.96. The molecule has 0 saturated carbocycles. The lowest BCUT2D eigenvalue weighted by atomic mass is 10.0. The number of rotatable bonds is 3. The van der Waals surface area contributed by atoms with Crippen LogP contribution in [0.15, 0.2) is 30.6 Å². The largest absolute Gasteiger partial charge is 0.385 e. The molecular weight excluding hydrogens is 242 g/mol. The van der Waals surface area contributed by atoms with Gasteiger partial charge >= 0.3 is 0 Å². The third-order valence-electron chi connectivity index (χ3n) is 3.10. The molecule has 0 fully saturated rings. The number of aromatic nitrogens is 3. The van der Waals surface area contributed by atoms with Gasteiger partial charge in [0.15, 0.2) is 0 Å². The molecule has 0 atom stereocenters. The van der Waals surface area contributed by atoms with Crippen molar-refractivity contribution in [3.8, 4) is 0 Å². The maximum atomic E-state index is 11.8. The smallest absolute Gasteiger partial charge is 0.246 e. The van der Waals surface area contributed by atoms with Crippen molar-refractivity contribution in [3.63, 3.8) is 0 Å². The van der Waals surface area contributed by atoms with Gasteiger partial charge in [-0.1, -0.05) is 5.21 Å². The van der Waals surface area contributed by atoms with Gasteiger partial charge in [-0.05, 0) is 36.6 Å². The van der Waals surface area contributed by atoms with Gasteiger partial charge in [-0.3, -0.25) is 4.79 Å². The second-order valence-electron chi connectivity index (χ2n) is 4.55. The Bertz CT molecular complexity index is 579. The first-order valence-electron chi connectivity index (χ1n) is 6.32. The van der Waals surface area contributed by atoms with Gasteiger partial charge in [-0.25, -0.2) is 4.68 Å². The molecule has 2 heterocycles. The standard InChI is InChI=1S/C13H15N5O/c19-13(9-18-7-6-15-17-18)16-11-3-4-12-10(8-11)2-1-5-14-12/h3-4,6-8,14H,1-2,5,9H2,(H,16,19). The van der Waals surface area contributed by atoms with E-state index in [0.29, 0.717) is 0 Å². The second-order valence-corrected chi connectivity index (χ2v) is 4.55. The summed E-state index contributed by atoms with van der Waals surface area (Å²) in [5.74, 6) is -0.103. The molecule has 98 valence electrons. The lowest BCUT2D eigenvalue weighted by Gasteiger charge is -2.18. The van der Waals surface area contributed by atoms with Crippen molar-refractivity contribution < 1.29 is 4.79 Å². The SMILES string of the molecule is O=C(Cn1ccnn1)Nc1ccc2c(c1)CCCN2. The zero-order valence-electron chi connectivity index (χ0n) is 10.5. The van der Waals surface area contributed by atoms with E-state index < -0.39 is 0 Å². The Morgan fingerprint density at radius 1 is 1.47 bits per heavy atom. The maximum absolute atomic E-state index is 11.8. The number of anilines is 2. The Hall–Kier alpha value is -2.37. The van der Waals surface area contributed by atoms with E-state index in [0.717, 1.165) is 25.1 Å². The van der Waals surface area contributed by atoms with Crippen LogP contribution >= 0.6 is 0 Å². The zero-order chi connectivity index (χ0) is 13.1. The fourth-order valence-electron chi connectivity index (χ4n) is 2.22. The third-order valence-corrected chi connectivity index (χ3v) is 3.10. The summed E-state index contributed by atoms with van der Waals surface area (Å²) in [4.78, 5) is 11.8. The first-order chi connectivity index (χ1) is 9.31. The molecule has 0 aliphatic carbocycles. The summed E-state index contributed by atoms with van der Waals surface area (Å²) in [5.41, 5.74) is 3.25. The van der Waals surface area contributed by atoms with Gasteiger partial charge in [0.25, 0.3) is 0 Å². The van der Waals surface area contributed by atoms with Gasteiger partial charge in [0.05, 0.1) is 6.20 Å². The Labute approximate surface area is 110 Å². The van der Waals surface area contributed by atoms with E-state index in [4.69, 9.17) is 0 Å². The molecule has 3 rings (SSSR count). The molecule has 0 unspecified atom stereocenters. The topological polar surface area (TPSA) is 71.8 Å². The number of carbonyl (C=O) groups excluding carboxylic acids is 1. The first-order valence-corrected chi connectivity index (χ1v) is 6.32. The molecule has 1 amide bonds. The van der Waals surface area contributed by atoms with E-state index >= 15 is 0 Å². The number of benzene rings is 1. The fraction of sp³-hybridized carbons (Fsp3) is 0.308. The van der Waals surface area contributed by atoms with Crippen molar-refractivity contribution >= 4 is 17.3 Å². The van der Waals surface area contributed by atoms with E-state index in [9.17, 15) is 4.79 Å². The summed E-state index contributed by atoms with van der Waals surface area (Å²) >= 11 is 0. The molecule has 0 bridgehead atoms. The zero-order valence-corrected chi connectivity index (χ0v) is 10.5. The van der Waals surface area contributed by atoms with Gasteiger partial charge in [0, 0.05) is 24.1 Å². The number of hydrogen-bond acceptors (Lipinski definition) is 4. The Balaban J connectivity index is 1.67. The average Bonchev–Trinajstić information content (AvgIpc) is 2.91. The Kier molecular flexibility index (Phi) is 3.14. The molecule has 1 aromatic carbocycles. The van der Waals surface area contributed by atoms with Gasteiger partial charge < -0.3 is 10.6 Å². The van der Waals surface area contributed by atoms with E-state index in [1.807, 2.05) is 18.2 Å². The summed E-state index contributed by atoms with van der Waals surface area (Å²) in [7, 11) is 0. The Morgan fingerprint density at radius 3 is 3.26 bits per heavy atom. The number of amides is 1. The van der Waals surface area contributed by atoms with Gasteiger partial charge in [-0.2, -0.15) is 0 Å². The van der Waals surface area contributed by atoms with Crippen LogP contribution in [0.2, 0.25) is 0 Å². The van der Waals surface area contributed by atoms with Crippen LogP contribution in [0.5, 0.6) is 0 Å². The quantitative estimate of drug-likeness (QED) is 0.868. The van der Waals surface area contributed by atoms with E-state index in [-0.39, 0.29) is 12.5 Å². The number of carbonyl (C=O) groups is 1. The molecule has 6 heteroatoms. The monoisotopic (exact) mass is 257 g/mol. The average molecular weight is 257 g/mol. The highest BCUT2D eigenvalue weighted by Gasteiger charge is 2.10. The van der Waals surface area contributed by atoms with Crippen LogP contribution in [-0.4, -0.2) is 27.4 Å². The minimum absolute atomic E-state index is 0.103. The number of nitrogens with one attached hydrogen (secondary N) is 2. The summed E-state index contributed by atoms with van der Waals surface area (Å²) in [5, 5.41) is 13.6. The van der Waals surface area contributed by atoms with Gasteiger partial charge in [0.1, 0.15) is 6.54 Å². The molecule has 2 aromatic rings. The molecule has 1 aliphatic rings. The van der Waals surface area contributed by atoms with Crippen LogP contribution in [-0.2, 0) is 17.8 Å². The summed E-state index contributed by atoms with van der Waals surface area (Å²) in [6.07, 6.45) is 5.40. The predicted octanol–water partition coefficient (Wildman–Crippen LogP) is 1.27. The molecular formula is C13H15N5O. The van der Waals surface area contributed by atoms with Crippen molar-refractivity contribution in [2.24, 2.45) is 0 Å². The molecule has 0 spiro atoms. The molecule has 0 radical (unpaired) electrons. The van der Waals surface area contributed by atoms with Crippen molar-refractivity contribution in [1.82, 2.24) is 15.0 Å². The van der Waals surface area contributed by atoms with Crippen LogP contribution in [0.4, 0.5) is 11.4 Å². The minimum Gasteiger partial charge on any atom is -0.385 e. The van der Waals surface area contributed by atoms with E-state index in [2.05, 4.69) is 20.9 Å². The molecule has 2 N–H and O–H groups in total. The van der Waals surface area contributed by atoms with Crippen molar-refractivity contribution in [3.05, 3.63) is 36.2 Å². The van der Waals surface area contributed by atoms with Crippen molar-refractivity contribution in [2.75, 3.05) is 17.2 Å². The normalized spacial score (nSPS) is 13.5. The highest BCUT2D eigenvalue weighted by molar-refractivity contribution is 5.90. The number of hydrogen-bond donors (Lipinski definition) is 2. The summed E-state index contributed by atoms with van der Waals surface area (Å²) < 4.78 is 1.50. The van der Waals surface area contributed by atoms with E-state index in [1.54, 1.807) is 12.4 Å². The van der Waals surface area contributed by atoms with E-state index in [1.165, 1.54) is 15.9 Å². The predicted molar refractivity (Wildman–Crippen MR) is 71.9 cm³/mol. The fourth-order valence-corrected chi connectivity index (χ4v) is 2.22. The molecule has 1 aliphatic heterocycles. The second kappa shape index (κ2) is 5.09. The maximum Gasteiger partial charge on any atom is 0.246 e. The number of aryl methyl sites for hydroxylation is 1. The van der Waals surface area contributed by atoms with Crippen LogP contribution in [0.3, 0.4) is 0 Å². The van der Waals surface area contributed by atoms with Crippen LogP contribution in [0, 0.1) is 0 Å². The first kappa shape index (κ1) is 11.7. The van der Waals surface area contributed by atoms with Crippen molar-refractivity contribution in [2.45, 2.75) is 19.4 Å². The third kappa shape index (κ3) is 2.73. The van der Waals surface area contributed by atoms with Crippen LogP contribution < -0.4 is 10.6 Å². The van der Waals surface area contributed by atoms with Crippen LogP contribution in [0.1, 0.15) is 12.0 Å². The molecule has 6 nitrogen and oxygen atoms in total. The van der Waals surface area contributed by atoms with Gasteiger partial charge in [-0.15, -0.1) is 5.10 Å². The highest BCUT2D eigenvalue weighted by atomic mass is 16.2. The number of nitrogens with zero attached hydrogens (tertiary/aromatic N) is 3. The van der Waals surface area contributed by atoms with Gasteiger partial charge in [0.2, 0.25) is 5.91 Å². The lowest BCUT2D eigenvalue weighted by molar-refractivity contribution is -0.116. The van der Waals surface area contributed by atoms with Crippen LogP contribution in [0.25, 0.3) is 0 Å². The van der Waals surface area contributed by atoms with Crippen molar-refractivity contribution in [1.29, 1.82) is 0 Å². The Morgan fingerprint density at radius 2 is 2.42 bits per heavy atom. The molecule has 1 aromatic heterocycles. The molecule has 0 saturated heterocycles. The molecule has 19 heavy (non-hydrogen) atoms. The minimum atomic E-state index is -0.103. The number of fused-ring (bicyclic) bond motifs is 1.